The summed E-state index contributed by atoms with van der Waals surface area (Å²) >= 11 is 0. The van der Waals surface area contributed by atoms with Crippen molar-refractivity contribution in [3.63, 3.8) is 0 Å². The number of esters is 1. The molecule has 1 heterocycles. The number of carbonyl (C=O) groups excluding carboxylic acids is 1. The summed E-state index contributed by atoms with van der Waals surface area (Å²) in [5.41, 5.74) is -0.142. The molecule has 3 atom stereocenters. The maximum atomic E-state index is 12.2. The molecule has 120 valence electrons. The molecule has 7 nitrogen and oxygen atoms in total. The summed E-state index contributed by atoms with van der Waals surface area (Å²) < 4.78 is 16.3. The highest BCUT2D eigenvalue weighted by Crippen LogP contribution is 2.38. The van der Waals surface area contributed by atoms with E-state index in [0.29, 0.717) is 6.61 Å². The Balaban J connectivity index is 2.14. The van der Waals surface area contributed by atoms with E-state index in [1.807, 2.05) is 13.8 Å². The van der Waals surface area contributed by atoms with E-state index in [2.05, 4.69) is 0 Å². The van der Waals surface area contributed by atoms with E-state index >= 15 is 0 Å². The second-order valence-electron chi connectivity index (χ2n) is 5.55. The van der Waals surface area contributed by atoms with Gasteiger partial charge in [-0.05, 0) is 18.6 Å². The van der Waals surface area contributed by atoms with Gasteiger partial charge in [0.2, 0.25) is 0 Å². The fraction of sp³-hybridized carbons (Fsp3) is 0.533. The molecule has 1 aliphatic heterocycles. The standard InChI is InChI=1S/C15H19NO6/c1-4-15(2)9-21-14(20-3)12(15)22-13(17)10-5-7-11(8-6-10)16(18)19/h5-8,12,14H,4,9H2,1-3H3/t12-,14+,15+/m0/s1. The molecule has 1 aliphatic rings. The number of hydrogen-bond acceptors (Lipinski definition) is 6. The second-order valence-corrected chi connectivity index (χ2v) is 5.55. The van der Waals surface area contributed by atoms with Gasteiger partial charge in [0.25, 0.3) is 5.69 Å². The van der Waals surface area contributed by atoms with Crippen LogP contribution in [0, 0.1) is 15.5 Å². The first kappa shape index (κ1) is 16.4. The second kappa shape index (κ2) is 6.41. The zero-order valence-corrected chi connectivity index (χ0v) is 12.8. The van der Waals surface area contributed by atoms with Crippen molar-refractivity contribution in [2.75, 3.05) is 13.7 Å². The van der Waals surface area contributed by atoms with E-state index < -0.39 is 23.3 Å². The minimum atomic E-state index is -0.605. The van der Waals surface area contributed by atoms with Gasteiger partial charge in [0, 0.05) is 24.7 Å². The van der Waals surface area contributed by atoms with Crippen LogP contribution in [-0.4, -0.2) is 37.0 Å². The molecule has 0 spiro atoms. The molecule has 22 heavy (non-hydrogen) atoms. The highest BCUT2D eigenvalue weighted by Gasteiger charge is 2.48. The van der Waals surface area contributed by atoms with Gasteiger partial charge in [-0.25, -0.2) is 4.79 Å². The highest BCUT2D eigenvalue weighted by atomic mass is 16.7. The van der Waals surface area contributed by atoms with Crippen molar-refractivity contribution in [3.8, 4) is 0 Å². The summed E-state index contributed by atoms with van der Waals surface area (Å²) in [6.07, 6.45) is -0.359. The maximum Gasteiger partial charge on any atom is 0.338 e. The van der Waals surface area contributed by atoms with Gasteiger partial charge in [-0.15, -0.1) is 0 Å². The van der Waals surface area contributed by atoms with Crippen LogP contribution in [0.1, 0.15) is 30.6 Å². The smallest absolute Gasteiger partial charge is 0.338 e. The summed E-state index contributed by atoms with van der Waals surface area (Å²) in [5.74, 6) is -0.549. The van der Waals surface area contributed by atoms with Crippen LogP contribution in [0.25, 0.3) is 0 Å². The Bertz CT molecular complexity index is 558. The monoisotopic (exact) mass is 309 g/mol. The number of methoxy groups -OCH3 is 1. The number of non-ortho nitro benzene ring substituents is 1. The number of carbonyl (C=O) groups is 1. The Morgan fingerprint density at radius 1 is 1.45 bits per heavy atom. The van der Waals surface area contributed by atoms with Gasteiger partial charge in [-0.2, -0.15) is 0 Å². The molecule has 0 aliphatic carbocycles. The third-order valence-corrected chi connectivity index (χ3v) is 4.10. The normalized spacial score (nSPS) is 27.6. The minimum absolute atomic E-state index is 0.0751. The van der Waals surface area contributed by atoms with Crippen LogP contribution in [0.3, 0.4) is 0 Å². The molecular formula is C15H19NO6. The number of rotatable bonds is 5. The first-order chi connectivity index (χ1) is 10.4. The van der Waals surface area contributed by atoms with Crippen LogP contribution in [0.5, 0.6) is 0 Å². The lowest BCUT2D eigenvalue weighted by molar-refractivity contribution is -0.384. The molecule has 2 rings (SSSR count). The SMILES string of the molecule is CC[C@]1(C)CO[C@@H](OC)[C@@H]1OC(=O)c1ccc([N+](=O)[O-])cc1. The van der Waals surface area contributed by atoms with Gasteiger partial charge in [0.05, 0.1) is 17.1 Å². The Labute approximate surface area is 128 Å². The molecule has 1 aromatic rings. The molecule has 0 amide bonds. The Morgan fingerprint density at radius 2 is 2.09 bits per heavy atom. The number of nitro benzene ring substituents is 1. The summed E-state index contributed by atoms with van der Waals surface area (Å²) in [7, 11) is 1.50. The van der Waals surface area contributed by atoms with Crippen molar-refractivity contribution >= 4 is 11.7 Å². The maximum absolute atomic E-state index is 12.2. The van der Waals surface area contributed by atoms with Crippen molar-refractivity contribution in [3.05, 3.63) is 39.9 Å². The van der Waals surface area contributed by atoms with Crippen LogP contribution < -0.4 is 0 Å². The highest BCUT2D eigenvalue weighted by molar-refractivity contribution is 5.89. The van der Waals surface area contributed by atoms with Gasteiger partial charge in [-0.3, -0.25) is 10.1 Å². The van der Waals surface area contributed by atoms with Crippen molar-refractivity contribution in [2.45, 2.75) is 32.7 Å². The first-order valence-electron chi connectivity index (χ1n) is 7.01. The molecule has 0 unspecified atom stereocenters. The topological polar surface area (TPSA) is 87.9 Å². The molecule has 0 aromatic heterocycles. The molecule has 1 aromatic carbocycles. The van der Waals surface area contributed by atoms with E-state index in [4.69, 9.17) is 14.2 Å². The predicted octanol–water partition coefficient (Wildman–Crippen LogP) is 2.54. The van der Waals surface area contributed by atoms with E-state index in [1.165, 1.54) is 31.4 Å². The van der Waals surface area contributed by atoms with E-state index in [9.17, 15) is 14.9 Å². The fourth-order valence-corrected chi connectivity index (χ4v) is 2.37. The van der Waals surface area contributed by atoms with E-state index in [-0.39, 0.29) is 16.7 Å². The van der Waals surface area contributed by atoms with E-state index in [1.54, 1.807) is 0 Å². The van der Waals surface area contributed by atoms with Crippen LogP contribution in [0.4, 0.5) is 5.69 Å². The first-order valence-corrected chi connectivity index (χ1v) is 7.01. The third-order valence-electron chi connectivity index (χ3n) is 4.10. The van der Waals surface area contributed by atoms with Gasteiger partial charge in [-0.1, -0.05) is 13.8 Å². The lowest BCUT2D eigenvalue weighted by Crippen LogP contribution is -2.39. The van der Waals surface area contributed by atoms with Crippen molar-refractivity contribution in [2.24, 2.45) is 5.41 Å². The molecular weight excluding hydrogens is 290 g/mol. The number of nitro groups is 1. The van der Waals surface area contributed by atoms with Crippen molar-refractivity contribution in [1.82, 2.24) is 0 Å². The van der Waals surface area contributed by atoms with Crippen LogP contribution in [0.2, 0.25) is 0 Å². The van der Waals surface area contributed by atoms with Crippen molar-refractivity contribution < 1.29 is 23.9 Å². The van der Waals surface area contributed by atoms with Gasteiger partial charge in [0.15, 0.2) is 12.4 Å². The average molecular weight is 309 g/mol. The van der Waals surface area contributed by atoms with Crippen LogP contribution >= 0.6 is 0 Å². The number of nitrogens with zero attached hydrogens (tertiary/aromatic N) is 1. The minimum Gasteiger partial charge on any atom is -0.453 e. The number of ether oxygens (including phenoxy) is 3. The fourth-order valence-electron chi connectivity index (χ4n) is 2.37. The quantitative estimate of drug-likeness (QED) is 0.472. The summed E-state index contributed by atoms with van der Waals surface area (Å²) in [6, 6.07) is 5.30. The zero-order chi connectivity index (χ0) is 16.3. The number of benzene rings is 1. The van der Waals surface area contributed by atoms with Gasteiger partial charge < -0.3 is 14.2 Å². The van der Waals surface area contributed by atoms with Crippen molar-refractivity contribution in [1.29, 1.82) is 0 Å². The predicted molar refractivity (Wildman–Crippen MR) is 77.4 cm³/mol. The Kier molecular flexibility index (Phi) is 4.77. The summed E-state index contributed by atoms with van der Waals surface area (Å²) in [5, 5.41) is 10.6. The van der Waals surface area contributed by atoms with Gasteiger partial charge in [0.1, 0.15) is 0 Å². The lowest BCUT2D eigenvalue weighted by Gasteiger charge is -2.29. The summed E-state index contributed by atoms with van der Waals surface area (Å²) in [6.45, 7) is 4.41. The molecule has 1 saturated heterocycles. The average Bonchev–Trinajstić information content (AvgIpc) is 2.84. The summed E-state index contributed by atoms with van der Waals surface area (Å²) in [4.78, 5) is 22.3. The molecule has 0 N–H and O–H groups in total. The molecule has 0 bridgehead atoms. The van der Waals surface area contributed by atoms with E-state index in [0.717, 1.165) is 6.42 Å². The Hall–Kier alpha value is -1.99. The lowest BCUT2D eigenvalue weighted by atomic mass is 9.84. The third kappa shape index (κ3) is 3.10. The molecule has 1 fully saturated rings. The largest absolute Gasteiger partial charge is 0.453 e. The number of hydrogen-bond donors (Lipinski definition) is 0. The zero-order valence-electron chi connectivity index (χ0n) is 12.8. The van der Waals surface area contributed by atoms with Gasteiger partial charge >= 0.3 is 5.97 Å². The molecule has 0 saturated carbocycles. The van der Waals surface area contributed by atoms with Crippen LogP contribution in [0.15, 0.2) is 24.3 Å². The Morgan fingerprint density at radius 3 is 2.59 bits per heavy atom. The van der Waals surface area contributed by atoms with Crippen LogP contribution in [-0.2, 0) is 14.2 Å². The molecule has 7 heteroatoms. The molecule has 0 radical (unpaired) electrons.